The lowest BCUT2D eigenvalue weighted by Crippen LogP contribution is -2.20. The molecule has 1 amide bonds. The molecule has 0 unspecified atom stereocenters. The van der Waals surface area contributed by atoms with Gasteiger partial charge in [-0.3, -0.25) is 4.79 Å². The fraction of sp³-hybridized carbons (Fsp3) is 0.0161. The van der Waals surface area contributed by atoms with Gasteiger partial charge in [-0.1, -0.05) is 140 Å². The SMILES string of the molecule is O=C(COc1ccc2ccccc2c1-c1c2nc(c(-c3ccccc3)c3ccc([nH]3)c(-c3ccccc3)c3nc(c(-c4ccccc4)c4ccc1[nH]4)C=C3)C=C2)Nc1ccc(Nc2ccccc2)cc1. The summed E-state index contributed by atoms with van der Waals surface area (Å²) in [4.78, 5) is 32.4. The van der Waals surface area contributed by atoms with Crippen molar-refractivity contribution in [2.75, 3.05) is 17.2 Å². The predicted octanol–water partition coefficient (Wildman–Crippen LogP) is 15.2. The van der Waals surface area contributed by atoms with Crippen molar-refractivity contribution in [1.82, 2.24) is 19.9 Å². The number of benzene rings is 7. The fourth-order valence-corrected chi connectivity index (χ4v) is 9.49. The van der Waals surface area contributed by atoms with Gasteiger partial charge >= 0.3 is 0 Å². The minimum Gasteiger partial charge on any atom is -0.483 e. The van der Waals surface area contributed by atoms with Crippen LogP contribution in [0.2, 0.25) is 0 Å². The molecule has 4 N–H and O–H groups in total. The van der Waals surface area contributed by atoms with Crippen LogP contribution in [0.3, 0.4) is 0 Å². The maximum Gasteiger partial charge on any atom is 0.262 e. The van der Waals surface area contributed by atoms with E-state index in [2.05, 4.69) is 154 Å². The van der Waals surface area contributed by atoms with E-state index in [0.29, 0.717) is 11.4 Å². The Morgan fingerprint density at radius 2 is 0.814 bits per heavy atom. The average molecular weight is 905 g/mol. The first-order valence-electron chi connectivity index (χ1n) is 23.3. The molecule has 5 heterocycles. The molecule has 12 rings (SSSR count). The summed E-state index contributed by atoms with van der Waals surface area (Å²) >= 11 is 0. The van der Waals surface area contributed by atoms with Crippen LogP contribution in [0.15, 0.2) is 206 Å². The Bertz CT molecular complexity index is 3790. The number of ether oxygens (including phenoxy) is 1. The van der Waals surface area contributed by atoms with Gasteiger partial charge in [0.05, 0.1) is 22.8 Å². The summed E-state index contributed by atoms with van der Waals surface area (Å²) in [6, 6.07) is 69.5. The van der Waals surface area contributed by atoms with Crippen LogP contribution in [0.25, 0.3) is 102 Å². The molecule has 8 nitrogen and oxygen atoms in total. The van der Waals surface area contributed by atoms with E-state index in [1.165, 1.54) is 0 Å². The largest absolute Gasteiger partial charge is 0.483 e. The van der Waals surface area contributed by atoms with Gasteiger partial charge in [0, 0.05) is 66.9 Å². The topological polar surface area (TPSA) is 108 Å². The molecule has 70 heavy (non-hydrogen) atoms. The molecule has 2 aliphatic rings. The van der Waals surface area contributed by atoms with Gasteiger partial charge in [0.15, 0.2) is 6.61 Å². The smallest absolute Gasteiger partial charge is 0.262 e. The van der Waals surface area contributed by atoms with Crippen LogP contribution < -0.4 is 15.4 Å². The maximum absolute atomic E-state index is 13.7. The summed E-state index contributed by atoms with van der Waals surface area (Å²) in [6.45, 7) is -0.224. The van der Waals surface area contributed by atoms with Crippen molar-refractivity contribution in [3.8, 4) is 50.3 Å². The number of fused-ring (bicyclic) bond motifs is 9. The first-order chi connectivity index (χ1) is 34.6. The lowest BCUT2D eigenvalue weighted by Gasteiger charge is -2.16. The van der Waals surface area contributed by atoms with Crippen LogP contribution >= 0.6 is 0 Å². The number of para-hydroxylation sites is 1. The van der Waals surface area contributed by atoms with Gasteiger partial charge in [0.2, 0.25) is 0 Å². The highest BCUT2D eigenvalue weighted by atomic mass is 16.5. The number of carbonyl (C=O) groups excluding carboxylic acids is 1. The summed E-state index contributed by atoms with van der Waals surface area (Å²) in [7, 11) is 0. The van der Waals surface area contributed by atoms with Gasteiger partial charge < -0.3 is 25.3 Å². The van der Waals surface area contributed by atoms with Crippen molar-refractivity contribution < 1.29 is 9.53 Å². The van der Waals surface area contributed by atoms with E-state index in [1.54, 1.807) is 0 Å². The molecule has 0 spiro atoms. The standard InChI is InChI=1S/C62H44N6O2/c69-57(64-46-28-26-45(27-29-46)63-44-22-11-4-12-23-44)39-70-56-38-25-40-15-13-14-24-47(40)61(56)62-54-36-34-52(67-54)59(42-18-7-2-8-19-42)50-32-30-48(65-50)58(41-16-5-1-6-17-41)49-31-33-51(66-49)60(43-20-9-3-10-21-43)53-35-37-55(62)68-53/h1-38,63,65,68H,39H2,(H,64,69). The number of hydrogen-bond acceptors (Lipinski definition) is 5. The van der Waals surface area contributed by atoms with E-state index < -0.39 is 0 Å². The van der Waals surface area contributed by atoms with E-state index in [1.807, 2.05) is 97.1 Å². The van der Waals surface area contributed by atoms with Crippen LogP contribution in [-0.4, -0.2) is 32.4 Å². The Labute approximate surface area is 404 Å². The molecule has 0 saturated carbocycles. The Balaban J connectivity index is 1.07. The summed E-state index contributed by atoms with van der Waals surface area (Å²) < 4.78 is 6.62. The molecule has 10 aromatic rings. The molecule has 3 aromatic heterocycles. The Hall–Kier alpha value is -9.53. The third-order valence-electron chi connectivity index (χ3n) is 12.7. The average Bonchev–Trinajstić information content (AvgIpc) is 4.27. The maximum atomic E-state index is 13.7. The fourth-order valence-electron chi connectivity index (χ4n) is 9.49. The van der Waals surface area contributed by atoms with Crippen molar-refractivity contribution in [1.29, 1.82) is 0 Å². The predicted molar refractivity (Wildman–Crippen MR) is 288 cm³/mol. The van der Waals surface area contributed by atoms with Crippen molar-refractivity contribution in [3.05, 3.63) is 229 Å². The summed E-state index contributed by atoms with van der Waals surface area (Å²) in [5, 5.41) is 8.39. The van der Waals surface area contributed by atoms with E-state index >= 15 is 0 Å². The molecule has 2 aliphatic heterocycles. The van der Waals surface area contributed by atoms with E-state index in [4.69, 9.17) is 14.7 Å². The van der Waals surface area contributed by atoms with Gasteiger partial charge in [-0.2, -0.15) is 0 Å². The highest BCUT2D eigenvalue weighted by Crippen LogP contribution is 2.43. The third kappa shape index (κ3) is 8.20. The van der Waals surface area contributed by atoms with Crippen molar-refractivity contribution in [3.63, 3.8) is 0 Å². The van der Waals surface area contributed by atoms with Gasteiger partial charge in [-0.05, 0) is 118 Å². The normalized spacial score (nSPS) is 11.7. The van der Waals surface area contributed by atoms with E-state index in [-0.39, 0.29) is 12.5 Å². The molecule has 0 fully saturated rings. The minimum absolute atomic E-state index is 0.224. The molecule has 0 saturated heterocycles. The number of nitrogens with zero attached hydrogens (tertiary/aromatic N) is 2. The van der Waals surface area contributed by atoms with Crippen molar-refractivity contribution >= 4 is 80.1 Å². The number of H-pyrrole nitrogens is 2. The molecule has 0 aliphatic carbocycles. The van der Waals surface area contributed by atoms with Gasteiger partial charge in [-0.25, -0.2) is 9.97 Å². The van der Waals surface area contributed by atoms with Crippen LogP contribution in [0.4, 0.5) is 17.1 Å². The number of rotatable bonds is 10. The Morgan fingerprint density at radius 3 is 1.33 bits per heavy atom. The zero-order chi connectivity index (χ0) is 46.8. The summed E-state index contributed by atoms with van der Waals surface area (Å²) in [6.07, 6.45) is 8.39. The monoisotopic (exact) mass is 904 g/mol. The van der Waals surface area contributed by atoms with Crippen LogP contribution in [-0.2, 0) is 4.79 Å². The van der Waals surface area contributed by atoms with E-state index in [0.717, 1.165) is 111 Å². The summed E-state index contributed by atoms with van der Waals surface area (Å²) in [5.74, 6) is 0.256. The highest BCUT2D eigenvalue weighted by molar-refractivity contribution is 6.07. The van der Waals surface area contributed by atoms with E-state index in [9.17, 15) is 4.79 Å². The molecule has 8 heteroatoms. The molecule has 8 bridgehead atoms. The number of carbonyl (C=O) groups is 1. The molecule has 0 atom stereocenters. The number of hydrogen-bond donors (Lipinski definition) is 4. The number of aromatic amines is 2. The Kier molecular flexibility index (Phi) is 10.9. The summed E-state index contributed by atoms with van der Waals surface area (Å²) in [5.41, 5.74) is 16.9. The zero-order valence-corrected chi connectivity index (χ0v) is 37.9. The first kappa shape index (κ1) is 41.9. The minimum atomic E-state index is -0.287. The first-order valence-corrected chi connectivity index (χ1v) is 23.3. The quantitative estimate of drug-likeness (QED) is 0.109. The molecule has 334 valence electrons. The molecular formula is C62H44N6O2. The molecular weight excluding hydrogens is 861 g/mol. The Morgan fingerprint density at radius 1 is 0.400 bits per heavy atom. The lowest BCUT2D eigenvalue weighted by atomic mass is 9.95. The van der Waals surface area contributed by atoms with Gasteiger partial charge in [0.25, 0.3) is 5.91 Å². The zero-order valence-electron chi connectivity index (χ0n) is 37.9. The lowest BCUT2D eigenvalue weighted by molar-refractivity contribution is -0.118. The number of amides is 1. The second-order valence-electron chi connectivity index (χ2n) is 17.2. The van der Waals surface area contributed by atoms with Crippen LogP contribution in [0.1, 0.15) is 22.8 Å². The van der Waals surface area contributed by atoms with Gasteiger partial charge in [0.1, 0.15) is 5.75 Å². The second-order valence-corrected chi connectivity index (χ2v) is 17.2. The number of aromatic nitrogens is 4. The number of nitrogens with one attached hydrogen (secondary N) is 4. The molecule has 0 radical (unpaired) electrons. The van der Waals surface area contributed by atoms with Crippen LogP contribution in [0, 0.1) is 0 Å². The van der Waals surface area contributed by atoms with Gasteiger partial charge in [-0.15, -0.1) is 0 Å². The number of anilines is 3. The molecule has 7 aromatic carbocycles. The highest BCUT2D eigenvalue weighted by Gasteiger charge is 2.22. The third-order valence-corrected chi connectivity index (χ3v) is 12.7. The van der Waals surface area contributed by atoms with Crippen molar-refractivity contribution in [2.45, 2.75) is 0 Å². The van der Waals surface area contributed by atoms with Crippen molar-refractivity contribution in [2.24, 2.45) is 0 Å². The van der Waals surface area contributed by atoms with Crippen LogP contribution in [0.5, 0.6) is 5.75 Å². The second kappa shape index (κ2) is 18.3.